The quantitative estimate of drug-likeness (QED) is 0.458. The van der Waals surface area contributed by atoms with E-state index < -0.39 is 6.09 Å². The van der Waals surface area contributed by atoms with Crippen molar-refractivity contribution in [3.8, 4) is 0 Å². The van der Waals surface area contributed by atoms with E-state index >= 15 is 0 Å². The molecule has 152 valence electrons. The molecular formula is C18H22N8O2S. The minimum absolute atomic E-state index is 0.0524. The van der Waals surface area contributed by atoms with Gasteiger partial charge in [-0.3, -0.25) is 4.40 Å². The Hall–Kier alpha value is -3.21. The van der Waals surface area contributed by atoms with Gasteiger partial charge in [-0.1, -0.05) is 13.3 Å². The van der Waals surface area contributed by atoms with E-state index in [1.54, 1.807) is 6.20 Å². The first-order chi connectivity index (χ1) is 14.0. The maximum atomic E-state index is 11.3. The molecule has 1 aliphatic heterocycles. The SMILES string of the molecule is CC[C@@H]1CN(C(=O)O)C[C@@H]1c1nnc2cnc3[nH]ccc3n12.Cc1cc(N)sn1. The van der Waals surface area contributed by atoms with Crippen molar-refractivity contribution < 1.29 is 9.90 Å². The number of anilines is 1. The molecule has 1 aliphatic rings. The average Bonchev–Trinajstić information content (AvgIpc) is 3.46. The fourth-order valence-corrected chi connectivity index (χ4v) is 4.28. The summed E-state index contributed by atoms with van der Waals surface area (Å²) in [6, 6.07) is 3.79. The summed E-state index contributed by atoms with van der Waals surface area (Å²) in [6.45, 7) is 5.02. The Morgan fingerprint density at radius 1 is 1.41 bits per heavy atom. The lowest BCUT2D eigenvalue weighted by atomic mass is 9.93. The molecule has 2 atom stereocenters. The Kier molecular flexibility index (Phi) is 5.05. The molecule has 0 saturated carbocycles. The summed E-state index contributed by atoms with van der Waals surface area (Å²) in [7, 11) is 0. The number of aromatic amines is 1. The maximum absolute atomic E-state index is 11.3. The number of fused-ring (bicyclic) bond motifs is 3. The minimum Gasteiger partial charge on any atom is -0.465 e. The lowest BCUT2D eigenvalue weighted by Crippen LogP contribution is -2.26. The molecule has 0 radical (unpaired) electrons. The first-order valence-electron chi connectivity index (χ1n) is 9.31. The number of carboxylic acid groups (broad SMARTS) is 1. The van der Waals surface area contributed by atoms with Crippen LogP contribution in [0.15, 0.2) is 24.5 Å². The number of likely N-dealkylation sites (tertiary alicyclic amines) is 1. The van der Waals surface area contributed by atoms with Gasteiger partial charge in [-0.05, 0) is 36.5 Å². The monoisotopic (exact) mass is 414 g/mol. The third kappa shape index (κ3) is 3.60. The Balaban J connectivity index is 0.000000249. The molecular weight excluding hydrogens is 392 g/mol. The molecule has 0 spiro atoms. The number of hydrogen-bond acceptors (Lipinski definition) is 7. The molecule has 0 bridgehead atoms. The van der Waals surface area contributed by atoms with Gasteiger partial charge < -0.3 is 20.7 Å². The van der Waals surface area contributed by atoms with Crippen LogP contribution in [0.5, 0.6) is 0 Å². The largest absolute Gasteiger partial charge is 0.465 e. The van der Waals surface area contributed by atoms with E-state index in [1.807, 2.05) is 29.7 Å². The Morgan fingerprint density at radius 2 is 2.24 bits per heavy atom. The Bertz CT molecular complexity index is 1130. The number of rotatable bonds is 2. The number of hydrogen-bond donors (Lipinski definition) is 3. The van der Waals surface area contributed by atoms with Crippen molar-refractivity contribution >= 4 is 39.4 Å². The van der Waals surface area contributed by atoms with Crippen LogP contribution >= 0.6 is 11.5 Å². The van der Waals surface area contributed by atoms with Crippen molar-refractivity contribution in [2.75, 3.05) is 18.8 Å². The van der Waals surface area contributed by atoms with Crippen molar-refractivity contribution in [3.05, 3.63) is 36.0 Å². The van der Waals surface area contributed by atoms with Crippen LogP contribution in [0.2, 0.25) is 0 Å². The highest BCUT2D eigenvalue weighted by Gasteiger charge is 2.38. The molecule has 5 heterocycles. The van der Waals surface area contributed by atoms with E-state index in [2.05, 4.69) is 31.5 Å². The van der Waals surface area contributed by atoms with Gasteiger partial charge in [0.2, 0.25) is 0 Å². The number of aryl methyl sites for hydroxylation is 1. The van der Waals surface area contributed by atoms with Gasteiger partial charge in [0.1, 0.15) is 10.8 Å². The molecule has 5 rings (SSSR count). The zero-order valence-corrected chi connectivity index (χ0v) is 16.9. The zero-order chi connectivity index (χ0) is 20.5. The average molecular weight is 414 g/mol. The number of aromatic nitrogens is 6. The van der Waals surface area contributed by atoms with E-state index in [9.17, 15) is 9.90 Å². The summed E-state index contributed by atoms with van der Waals surface area (Å²) in [5, 5.41) is 18.6. The summed E-state index contributed by atoms with van der Waals surface area (Å²) >= 11 is 1.33. The molecule has 0 aliphatic carbocycles. The van der Waals surface area contributed by atoms with Gasteiger partial charge >= 0.3 is 6.09 Å². The Labute approximate surface area is 170 Å². The molecule has 1 fully saturated rings. The molecule has 0 unspecified atom stereocenters. The van der Waals surface area contributed by atoms with E-state index in [1.165, 1.54) is 16.4 Å². The summed E-state index contributed by atoms with van der Waals surface area (Å²) in [6.07, 6.45) is 3.55. The van der Waals surface area contributed by atoms with Crippen molar-refractivity contribution in [1.82, 2.24) is 33.8 Å². The molecule has 29 heavy (non-hydrogen) atoms. The van der Waals surface area contributed by atoms with Crippen LogP contribution in [0, 0.1) is 12.8 Å². The van der Waals surface area contributed by atoms with Gasteiger partial charge in [0.25, 0.3) is 0 Å². The van der Waals surface area contributed by atoms with Crippen LogP contribution in [-0.2, 0) is 0 Å². The van der Waals surface area contributed by atoms with Gasteiger partial charge in [0.05, 0.1) is 17.4 Å². The third-order valence-electron chi connectivity index (χ3n) is 5.18. The first kappa shape index (κ1) is 19.1. The van der Waals surface area contributed by atoms with E-state index in [0.29, 0.717) is 18.7 Å². The Morgan fingerprint density at radius 3 is 2.86 bits per heavy atom. The van der Waals surface area contributed by atoms with E-state index in [0.717, 1.165) is 34.1 Å². The number of nitrogens with zero attached hydrogens (tertiary/aromatic N) is 6. The maximum Gasteiger partial charge on any atom is 0.407 e. The van der Waals surface area contributed by atoms with Crippen molar-refractivity contribution in [2.24, 2.45) is 5.92 Å². The van der Waals surface area contributed by atoms with Crippen LogP contribution < -0.4 is 5.73 Å². The highest BCUT2D eigenvalue weighted by Crippen LogP contribution is 2.34. The number of amides is 1. The molecule has 0 aromatic carbocycles. The van der Waals surface area contributed by atoms with Crippen LogP contribution in [0.4, 0.5) is 9.80 Å². The van der Waals surface area contributed by atoms with Crippen molar-refractivity contribution in [1.29, 1.82) is 0 Å². The lowest BCUT2D eigenvalue weighted by Gasteiger charge is -2.14. The van der Waals surface area contributed by atoms with E-state index in [-0.39, 0.29) is 11.8 Å². The molecule has 1 saturated heterocycles. The van der Waals surface area contributed by atoms with Crippen LogP contribution in [0.25, 0.3) is 16.8 Å². The third-order valence-corrected chi connectivity index (χ3v) is 5.89. The summed E-state index contributed by atoms with van der Waals surface area (Å²) in [5.74, 6) is 1.12. The summed E-state index contributed by atoms with van der Waals surface area (Å²) < 4.78 is 5.92. The van der Waals surface area contributed by atoms with Gasteiger partial charge in [0, 0.05) is 25.2 Å². The zero-order valence-electron chi connectivity index (χ0n) is 16.1. The van der Waals surface area contributed by atoms with Crippen LogP contribution in [-0.4, -0.2) is 58.1 Å². The number of H-pyrrole nitrogens is 1. The number of carbonyl (C=O) groups is 1. The highest BCUT2D eigenvalue weighted by molar-refractivity contribution is 7.09. The van der Waals surface area contributed by atoms with E-state index in [4.69, 9.17) is 5.73 Å². The van der Waals surface area contributed by atoms with Gasteiger partial charge in [-0.2, -0.15) is 4.37 Å². The molecule has 1 amide bonds. The number of nitrogen functional groups attached to an aromatic ring is 1. The second-order valence-corrected chi connectivity index (χ2v) is 7.89. The molecule has 4 N–H and O–H groups in total. The number of nitrogens with two attached hydrogens (primary N) is 1. The fraction of sp³-hybridized carbons (Fsp3) is 0.389. The second kappa shape index (κ2) is 7.66. The van der Waals surface area contributed by atoms with Gasteiger partial charge in [-0.15, -0.1) is 10.2 Å². The summed E-state index contributed by atoms with van der Waals surface area (Å²) in [5.41, 5.74) is 8.71. The summed E-state index contributed by atoms with van der Waals surface area (Å²) in [4.78, 5) is 20.1. The number of nitrogens with one attached hydrogen (secondary N) is 1. The predicted octanol–water partition coefficient (Wildman–Crippen LogP) is 2.74. The van der Waals surface area contributed by atoms with Crippen molar-refractivity contribution in [2.45, 2.75) is 26.2 Å². The second-order valence-electron chi connectivity index (χ2n) is 7.05. The van der Waals surface area contributed by atoms with Crippen LogP contribution in [0.1, 0.15) is 30.8 Å². The topological polar surface area (TPSA) is 138 Å². The van der Waals surface area contributed by atoms with Gasteiger partial charge in [0.15, 0.2) is 11.3 Å². The standard InChI is InChI=1S/C14H16N6O2.C4H6N2S/c1-2-8-6-19(14(21)22)7-9(8)13-18-17-11-5-16-12-10(20(11)13)3-4-15-12;1-3-2-4(5)7-6-3/h3-5,8-9,15H,2,6-7H2,1H3,(H,21,22);2H,5H2,1H3/t8-,9+;/m1./s1. The lowest BCUT2D eigenvalue weighted by molar-refractivity contribution is 0.153. The first-order valence-corrected chi connectivity index (χ1v) is 10.1. The normalized spacial score (nSPS) is 18.9. The highest BCUT2D eigenvalue weighted by atomic mass is 32.1. The predicted molar refractivity (Wildman–Crippen MR) is 110 cm³/mol. The van der Waals surface area contributed by atoms with Gasteiger partial charge in [-0.25, -0.2) is 9.78 Å². The fourth-order valence-electron chi connectivity index (χ4n) is 3.76. The van der Waals surface area contributed by atoms with Crippen molar-refractivity contribution in [3.63, 3.8) is 0 Å². The smallest absolute Gasteiger partial charge is 0.407 e. The minimum atomic E-state index is -0.872. The molecule has 4 aromatic heterocycles. The molecule has 11 heteroatoms. The van der Waals surface area contributed by atoms with Crippen LogP contribution in [0.3, 0.4) is 0 Å². The molecule has 4 aromatic rings. The molecule has 10 nitrogen and oxygen atoms in total.